The minimum Gasteiger partial charge on any atom is -0.436 e. The third kappa shape index (κ3) is 3.81. The van der Waals surface area contributed by atoms with Crippen LogP contribution in [0.2, 0.25) is 5.02 Å². The number of halogens is 1. The lowest BCUT2D eigenvalue weighted by atomic mass is 10.1. The van der Waals surface area contributed by atoms with Crippen molar-refractivity contribution < 1.29 is 9.21 Å². The molecule has 1 aliphatic heterocycles. The van der Waals surface area contributed by atoms with Crippen LogP contribution in [0.4, 0.5) is 0 Å². The maximum atomic E-state index is 13.1. The lowest BCUT2D eigenvalue weighted by Crippen LogP contribution is -2.48. The molecule has 0 bridgehead atoms. The Morgan fingerprint density at radius 1 is 1.07 bits per heavy atom. The van der Waals surface area contributed by atoms with Gasteiger partial charge in [-0.2, -0.15) is 0 Å². The highest BCUT2D eigenvalue weighted by Crippen LogP contribution is 2.29. The number of amides is 1. The zero-order chi connectivity index (χ0) is 19.5. The highest BCUT2D eigenvalue weighted by molar-refractivity contribution is 6.30. The van der Waals surface area contributed by atoms with E-state index in [1.54, 1.807) is 6.20 Å². The van der Waals surface area contributed by atoms with Crippen molar-refractivity contribution in [1.29, 1.82) is 0 Å². The fourth-order valence-corrected chi connectivity index (χ4v) is 3.57. The van der Waals surface area contributed by atoms with Gasteiger partial charge in [-0.1, -0.05) is 30.7 Å². The smallest absolute Gasteiger partial charge is 0.254 e. The first-order valence-corrected chi connectivity index (χ1v) is 9.86. The summed E-state index contributed by atoms with van der Waals surface area (Å²) in [5.74, 6) is 1.11. The van der Waals surface area contributed by atoms with Gasteiger partial charge in [0.05, 0.1) is 11.8 Å². The minimum atomic E-state index is 0.0256. The van der Waals surface area contributed by atoms with Crippen molar-refractivity contribution in [2.45, 2.75) is 6.92 Å². The first-order valence-electron chi connectivity index (χ1n) is 9.48. The van der Waals surface area contributed by atoms with Crippen molar-refractivity contribution >= 4 is 17.5 Å². The summed E-state index contributed by atoms with van der Waals surface area (Å²) >= 11 is 5.96. The largest absolute Gasteiger partial charge is 0.436 e. The van der Waals surface area contributed by atoms with Crippen LogP contribution in [-0.2, 0) is 0 Å². The van der Waals surface area contributed by atoms with Gasteiger partial charge in [0.2, 0.25) is 5.89 Å². The number of carbonyl (C=O) groups is 1. The molecule has 1 aromatic heterocycles. The van der Waals surface area contributed by atoms with E-state index < -0.39 is 0 Å². The SMILES string of the molecule is CCN1CCN(C(=O)c2ccccc2-c2ncc(-c3ccc(Cl)cc3)o2)CC1. The van der Waals surface area contributed by atoms with Gasteiger partial charge < -0.3 is 14.2 Å². The molecule has 144 valence electrons. The molecule has 2 aromatic carbocycles. The third-order valence-electron chi connectivity index (χ3n) is 5.13. The lowest BCUT2D eigenvalue weighted by molar-refractivity contribution is 0.0644. The molecule has 0 unspecified atom stereocenters. The monoisotopic (exact) mass is 395 g/mol. The van der Waals surface area contributed by atoms with Crippen molar-refractivity contribution in [1.82, 2.24) is 14.8 Å². The number of benzene rings is 2. The van der Waals surface area contributed by atoms with E-state index in [0.29, 0.717) is 27.8 Å². The standard InChI is InChI=1S/C22H22ClN3O2/c1-2-25-11-13-26(14-12-25)22(27)19-6-4-3-5-18(19)21-24-15-20(28-21)16-7-9-17(23)10-8-16/h3-10,15H,2,11-14H2,1H3. The second kappa shape index (κ2) is 8.17. The Bertz CT molecular complexity index is 960. The summed E-state index contributed by atoms with van der Waals surface area (Å²) in [6.07, 6.45) is 1.68. The Labute approximate surface area is 169 Å². The molecule has 0 radical (unpaired) electrons. The van der Waals surface area contributed by atoms with Gasteiger partial charge in [0.1, 0.15) is 0 Å². The summed E-state index contributed by atoms with van der Waals surface area (Å²) < 4.78 is 5.98. The Kier molecular flexibility index (Phi) is 5.46. The van der Waals surface area contributed by atoms with Crippen LogP contribution in [0.3, 0.4) is 0 Å². The number of carbonyl (C=O) groups excluding carboxylic acids is 1. The van der Waals surface area contributed by atoms with Crippen LogP contribution in [0.1, 0.15) is 17.3 Å². The molecule has 1 fully saturated rings. The Morgan fingerprint density at radius 2 is 1.79 bits per heavy atom. The van der Waals surface area contributed by atoms with Crippen molar-refractivity contribution in [2.75, 3.05) is 32.7 Å². The summed E-state index contributed by atoms with van der Waals surface area (Å²) in [7, 11) is 0. The molecular weight excluding hydrogens is 374 g/mol. The Morgan fingerprint density at radius 3 is 2.50 bits per heavy atom. The number of rotatable bonds is 4. The molecule has 2 heterocycles. The zero-order valence-corrected chi connectivity index (χ0v) is 16.5. The fourth-order valence-electron chi connectivity index (χ4n) is 3.44. The molecular formula is C22H22ClN3O2. The summed E-state index contributed by atoms with van der Waals surface area (Å²) in [5, 5.41) is 0.669. The molecule has 0 N–H and O–H groups in total. The second-order valence-corrected chi connectivity index (χ2v) is 7.25. The first kappa shape index (κ1) is 18.7. The van der Waals surface area contributed by atoms with Gasteiger partial charge in [-0.3, -0.25) is 4.79 Å². The summed E-state index contributed by atoms with van der Waals surface area (Å²) in [4.78, 5) is 21.8. The van der Waals surface area contributed by atoms with Gasteiger partial charge in [-0.25, -0.2) is 4.98 Å². The molecule has 28 heavy (non-hydrogen) atoms. The van der Waals surface area contributed by atoms with Gasteiger partial charge >= 0.3 is 0 Å². The molecule has 5 nitrogen and oxygen atoms in total. The minimum absolute atomic E-state index is 0.0256. The van der Waals surface area contributed by atoms with Gasteiger partial charge in [0.15, 0.2) is 5.76 Å². The molecule has 4 rings (SSSR count). The molecule has 0 spiro atoms. The van der Waals surface area contributed by atoms with Gasteiger partial charge in [0.25, 0.3) is 5.91 Å². The van der Waals surface area contributed by atoms with E-state index in [1.807, 2.05) is 53.4 Å². The summed E-state index contributed by atoms with van der Waals surface area (Å²) in [6, 6.07) is 14.9. The van der Waals surface area contributed by atoms with Crippen LogP contribution in [0.15, 0.2) is 59.1 Å². The maximum Gasteiger partial charge on any atom is 0.254 e. The quantitative estimate of drug-likeness (QED) is 0.655. The first-order chi connectivity index (χ1) is 13.7. The maximum absolute atomic E-state index is 13.1. The van der Waals surface area contributed by atoms with Gasteiger partial charge in [0, 0.05) is 42.3 Å². The number of oxazole rings is 1. The fraction of sp³-hybridized carbons (Fsp3) is 0.273. The van der Waals surface area contributed by atoms with Crippen LogP contribution in [0.25, 0.3) is 22.8 Å². The van der Waals surface area contributed by atoms with Crippen LogP contribution in [0.5, 0.6) is 0 Å². The van der Waals surface area contributed by atoms with E-state index in [2.05, 4.69) is 16.8 Å². The van der Waals surface area contributed by atoms with Crippen molar-refractivity contribution in [3.8, 4) is 22.8 Å². The van der Waals surface area contributed by atoms with Gasteiger partial charge in [-0.15, -0.1) is 0 Å². The van der Waals surface area contributed by atoms with Crippen molar-refractivity contribution in [3.63, 3.8) is 0 Å². The van der Waals surface area contributed by atoms with Crippen molar-refractivity contribution in [2.24, 2.45) is 0 Å². The molecule has 1 saturated heterocycles. The average molecular weight is 396 g/mol. The lowest BCUT2D eigenvalue weighted by Gasteiger charge is -2.34. The molecule has 0 aliphatic carbocycles. The summed E-state index contributed by atoms with van der Waals surface area (Å²) in [6.45, 7) is 6.45. The van der Waals surface area contributed by atoms with Crippen LogP contribution < -0.4 is 0 Å². The number of likely N-dealkylation sites (N-methyl/N-ethyl adjacent to an activating group) is 1. The number of aromatic nitrogens is 1. The van der Waals surface area contributed by atoms with E-state index in [-0.39, 0.29) is 5.91 Å². The Balaban J connectivity index is 1.60. The molecule has 6 heteroatoms. The predicted molar refractivity (Wildman–Crippen MR) is 110 cm³/mol. The van der Waals surface area contributed by atoms with Crippen molar-refractivity contribution in [3.05, 3.63) is 65.3 Å². The van der Waals surface area contributed by atoms with E-state index in [9.17, 15) is 4.79 Å². The highest BCUT2D eigenvalue weighted by Gasteiger charge is 2.24. The van der Waals surface area contributed by atoms with Crippen LogP contribution >= 0.6 is 11.6 Å². The van der Waals surface area contributed by atoms with E-state index in [4.69, 9.17) is 16.0 Å². The topological polar surface area (TPSA) is 49.6 Å². The molecule has 0 atom stereocenters. The normalized spacial score (nSPS) is 15.0. The predicted octanol–water partition coefficient (Wildman–Crippen LogP) is 4.44. The van der Waals surface area contributed by atoms with E-state index >= 15 is 0 Å². The highest BCUT2D eigenvalue weighted by atomic mass is 35.5. The average Bonchev–Trinajstić information content (AvgIpc) is 3.24. The van der Waals surface area contributed by atoms with Crippen LogP contribution in [0, 0.1) is 0 Å². The van der Waals surface area contributed by atoms with Crippen LogP contribution in [-0.4, -0.2) is 53.4 Å². The number of hydrogen-bond donors (Lipinski definition) is 0. The molecule has 1 aliphatic rings. The molecule has 3 aromatic rings. The van der Waals surface area contributed by atoms with Gasteiger partial charge in [-0.05, 0) is 42.9 Å². The Hall–Kier alpha value is -2.63. The molecule has 1 amide bonds. The third-order valence-corrected chi connectivity index (χ3v) is 5.38. The zero-order valence-electron chi connectivity index (χ0n) is 15.8. The van der Waals surface area contributed by atoms with E-state index in [1.165, 1.54) is 0 Å². The number of nitrogens with zero attached hydrogens (tertiary/aromatic N) is 3. The number of piperazine rings is 1. The second-order valence-electron chi connectivity index (χ2n) is 6.81. The number of hydrogen-bond acceptors (Lipinski definition) is 4. The van der Waals surface area contributed by atoms with E-state index in [0.717, 1.165) is 38.3 Å². The molecule has 0 saturated carbocycles. The summed E-state index contributed by atoms with van der Waals surface area (Å²) in [5.41, 5.74) is 2.23.